The van der Waals surface area contributed by atoms with Gasteiger partial charge >= 0.3 is 0 Å². The van der Waals surface area contributed by atoms with E-state index in [1.165, 1.54) is 0 Å². The Labute approximate surface area is 68.9 Å². The summed E-state index contributed by atoms with van der Waals surface area (Å²) in [5.41, 5.74) is 0. The highest BCUT2D eigenvalue weighted by atomic mass is 16.5. The molecule has 0 aliphatic rings. The van der Waals surface area contributed by atoms with Gasteiger partial charge in [-0.1, -0.05) is 20.3 Å². The van der Waals surface area contributed by atoms with Crippen molar-refractivity contribution in [2.24, 2.45) is 0 Å². The van der Waals surface area contributed by atoms with Crippen LogP contribution in [0.5, 0.6) is 0 Å². The lowest BCUT2D eigenvalue weighted by Gasteiger charge is -2.12. The van der Waals surface area contributed by atoms with Gasteiger partial charge < -0.3 is 9.53 Å². The van der Waals surface area contributed by atoms with Crippen LogP contribution >= 0.6 is 0 Å². The zero-order valence-electron chi connectivity index (χ0n) is 7.51. The van der Waals surface area contributed by atoms with Gasteiger partial charge in [0.1, 0.15) is 6.29 Å². The molecule has 0 saturated heterocycles. The van der Waals surface area contributed by atoms with Crippen molar-refractivity contribution in [2.75, 3.05) is 6.61 Å². The minimum atomic E-state index is 0.152. The molecule has 0 aromatic rings. The fourth-order valence-electron chi connectivity index (χ4n) is 0.854. The molecule has 0 N–H and O–H groups in total. The van der Waals surface area contributed by atoms with Crippen LogP contribution in [0.2, 0.25) is 0 Å². The molecule has 11 heavy (non-hydrogen) atoms. The molecule has 1 atom stereocenters. The monoisotopic (exact) mass is 158 g/mol. The van der Waals surface area contributed by atoms with Crippen LogP contribution in [0.15, 0.2) is 0 Å². The maximum atomic E-state index is 10.1. The van der Waals surface area contributed by atoms with Gasteiger partial charge in [0.05, 0.1) is 6.10 Å². The Morgan fingerprint density at radius 2 is 2.18 bits per heavy atom. The van der Waals surface area contributed by atoms with E-state index in [1.54, 1.807) is 0 Å². The third kappa shape index (κ3) is 6.05. The molecule has 0 aliphatic carbocycles. The first-order valence-corrected chi connectivity index (χ1v) is 4.40. The summed E-state index contributed by atoms with van der Waals surface area (Å²) in [6, 6.07) is 0. The van der Waals surface area contributed by atoms with E-state index < -0.39 is 0 Å². The highest BCUT2D eigenvalue weighted by Gasteiger charge is 2.03. The summed E-state index contributed by atoms with van der Waals surface area (Å²) >= 11 is 0. The first-order valence-electron chi connectivity index (χ1n) is 4.40. The first-order chi connectivity index (χ1) is 5.35. The van der Waals surface area contributed by atoms with E-state index in [4.69, 9.17) is 4.74 Å². The lowest BCUT2D eigenvalue weighted by Crippen LogP contribution is -2.12. The highest BCUT2D eigenvalue weighted by molar-refractivity contribution is 5.50. The van der Waals surface area contributed by atoms with Crippen LogP contribution in [0.1, 0.15) is 39.5 Å². The number of carbonyl (C=O) groups excluding carboxylic acids is 1. The summed E-state index contributed by atoms with van der Waals surface area (Å²) in [4.78, 5) is 10.1. The van der Waals surface area contributed by atoms with Crippen LogP contribution in [0.25, 0.3) is 0 Å². The Morgan fingerprint density at radius 3 is 2.64 bits per heavy atom. The van der Waals surface area contributed by atoms with Gasteiger partial charge in [-0.25, -0.2) is 0 Å². The van der Waals surface area contributed by atoms with Crippen molar-refractivity contribution in [2.45, 2.75) is 45.6 Å². The highest BCUT2D eigenvalue weighted by Crippen LogP contribution is 2.02. The lowest BCUT2D eigenvalue weighted by molar-refractivity contribution is -0.110. The van der Waals surface area contributed by atoms with Gasteiger partial charge in [-0.05, 0) is 12.8 Å². The number of rotatable bonds is 7. The van der Waals surface area contributed by atoms with Crippen molar-refractivity contribution < 1.29 is 9.53 Å². The van der Waals surface area contributed by atoms with Gasteiger partial charge in [0.25, 0.3) is 0 Å². The van der Waals surface area contributed by atoms with E-state index in [-0.39, 0.29) is 6.10 Å². The molecule has 0 aromatic carbocycles. The van der Waals surface area contributed by atoms with Crippen LogP contribution in [-0.2, 0) is 9.53 Å². The van der Waals surface area contributed by atoms with Gasteiger partial charge in [-0.2, -0.15) is 0 Å². The van der Waals surface area contributed by atoms with E-state index in [0.29, 0.717) is 6.42 Å². The third-order valence-corrected chi connectivity index (χ3v) is 1.67. The van der Waals surface area contributed by atoms with E-state index >= 15 is 0 Å². The average Bonchev–Trinajstić information content (AvgIpc) is 2.03. The zero-order valence-corrected chi connectivity index (χ0v) is 7.51. The summed E-state index contributed by atoms with van der Waals surface area (Å²) in [6.45, 7) is 4.97. The second-order valence-corrected chi connectivity index (χ2v) is 2.66. The van der Waals surface area contributed by atoms with Crippen molar-refractivity contribution in [1.82, 2.24) is 0 Å². The average molecular weight is 158 g/mol. The van der Waals surface area contributed by atoms with Gasteiger partial charge in [0, 0.05) is 13.0 Å². The van der Waals surface area contributed by atoms with Crippen molar-refractivity contribution in [3.05, 3.63) is 0 Å². The number of carbonyl (C=O) groups is 1. The van der Waals surface area contributed by atoms with E-state index in [0.717, 1.165) is 32.2 Å². The third-order valence-electron chi connectivity index (χ3n) is 1.67. The Balaban J connectivity index is 3.27. The van der Waals surface area contributed by atoms with E-state index in [9.17, 15) is 4.79 Å². The summed E-state index contributed by atoms with van der Waals surface area (Å²) in [5.74, 6) is 0. The molecular weight excluding hydrogens is 140 g/mol. The molecule has 0 rings (SSSR count). The molecule has 66 valence electrons. The van der Waals surface area contributed by atoms with Crippen LogP contribution in [0.3, 0.4) is 0 Å². The molecule has 2 nitrogen and oxygen atoms in total. The number of aldehydes is 1. The van der Waals surface area contributed by atoms with Crippen LogP contribution < -0.4 is 0 Å². The second-order valence-electron chi connectivity index (χ2n) is 2.66. The van der Waals surface area contributed by atoms with Crippen LogP contribution in [0, 0.1) is 0 Å². The minimum absolute atomic E-state index is 0.152. The van der Waals surface area contributed by atoms with Gasteiger partial charge in [-0.3, -0.25) is 0 Å². The smallest absolute Gasteiger partial charge is 0.122 e. The second kappa shape index (κ2) is 7.73. The number of hydrogen-bond donors (Lipinski definition) is 0. The van der Waals surface area contributed by atoms with Gasteiger partial charge in [0.15, 0.2) is 0 Å². The van der Waals surface area contributed by atoms with Crippen molar-refractivity contribution in [1.29, 1.82) is 0 Å². The molecule has 0 aliphatic heterocycles. The normalized spacial score (nSPS) is 12.9. The quantitative estimate of drug-likeness (QED) is 0.419. The Morgan fingerprint density at radius 1 is 1.45 bits per heavy atom. The van der Waals surface area contributed by atoms with Crippen molar-refractivity contribution in [3.8, 4) is 0 Å². The predicted octanol–water partition coefficient (Wildman–Crippen LogP) is 2.17. The summed E-state index contributed by atoms with van der Waals surface area (Å²) in [6.07, 6.45) is 4.80. The molecule has 0 aromatic heterocycles. The SMILES string of the molecule is CCCCOC(CC)CC=O. The van der Waals surface area contributed by atoms with E-state index in [1.807, 2.05) is 6.92 Å². The van der Waals surface area contributed by atoms with Crippen molar-refractivity contribution in [3.63, 3.8) is 0 Å². The number of ether oxygens (including phenoxy) is 1. The molecule has 0 heterocycles. The maximum absolute atomic E-state index is 10.1. The molecule has 2 heteroatoms. The summed E-state index contributed by atoms with van der Waals surface area (Å²) < 4.78 is 5.44. The zero-order chi connectivity index (χ0) is 8.53. The predicted molar refractivity (Wildman–Crippen MR) is 45.6 cm³/mol. The Kier molecular flexibility index (Phi) is 7.47. The van der Waals surface area contributed by atoms with Gasteiger partial charge in [-0.15, -0.1) is 0 Å². The van der Waals surface area contributed by atoms with Crippen molar-refractivity contribution >= 4 is 6.29 Å². The molecule has 0 fully saturated rings. The summed E-state index contributed by atoms with van der Waals surface area (Å²) in [7, 11) is 0. The lowest BCUT2D eigenvalue weighted by atomic mass is 10.2. The van der Waals surface area contributed by atoms with Crippen LogP contribution in [-0.4, -0.2) is 19.0 Å². The maximum Gasteiger partial charge on any atom is 0.122 e. The Bertz CT molecular complexity index is 91.6. The number of unbranched alkanes of at least 4 members (excludes halogenated alkanes) is 1. The Hall–Kier alpha value is -0.370. The molecule has 0 spiro atoms. The molecule has 0 bridgehead atoms. The van der Waals surface area contributed by atoms with Gasteiger partial charge in [0.2, 0.25) is 0 Å². The fourth-order valence-corrected chi connectivity index (χ4v) is 0.854. The summed E-state index contributed by atoms with van der Waals surface area (Å²) in [5, 5.41) is 0. The molecule has 0 amide bonds. The first kappa shape index (κ1) is 10.6. The molecular formula is C9H18O2. The fraction of sp³-hybridized carbons (Fsp3) is 0.889. The topological polar surface area (TPSA) is 26.3 Å². The molecule has 0 radical (unpaired) electrons. The number of hydrogen-bond acceptors (Lipinski definition) is 2. The standard InChI is InChI=1S/C9H18O2/c1-3-5-8-11-9(4-2)6-7-10/h7,9H,3-6,8H2,1-2H3. The largest absolute Gasteiger partial charge is 0.378 e. The minimum Gasteiger partial charge on any atom is -0.378 e. The molecule has 0 saturated carbocycles. The van der Waals surface area contributed by atoms with E-state index in [2.05, 4.69) is 6.92 Å². The van der Waals surface area contributed by atoms with Crippen LogP contribution in [0.4, 0.5) is 0 Å². The molecule has 1 unspecified atom stereocenters.